The number of hydrogen-bond donors (Lipinski definition) is 0. The van der Waals surface area contributed by atoms with Gasteiger partial charge in [0.15, 0.2) is 0 Å². The highest BCUT2D eigenvalue weighted by atomic mass is 19.4. The molecule has 2 nitrogen and oxygen atoms in total. The number of aromatic nitrogens is 1. The second-order valence-electron chi connectivity index (χ2n) is 3.25. The molecule has 1 aromatic carbocycles. The molecule has 1 aromatic heterocycles. The number of benzene rings is 1. The van der Waals surface area contributed by atoms with Gasteiger partial charge in [0.25, 0.3) is 0 Å². The van der Waals surface area contributed by atoms with E-state index in [1.165, 1.54) is 19.2 Å². The van der Waals surface area contributed by atoms with E-state index in [0.29, 0.717) is 16.7 Å². The maximum atomic E-state index is 12.4. The summed E-state index contributed by atoms with van der Waals surface area (Å²) in [7, 11) is 1.50. The fraction of sp³-hybridized carbons (Fsp3) is 0.182. The predicted molar refractivity (Wildman–Crippen MR) is 53.3 cm³/mol. The van der Waals surface area contributed by atoms with E-state index in [2.05, 4.69) is 4.98 Å². The smallest absolute Gasteiger partial charge is 0.433 e. The van der Waals surface area contributed by atoms with E-state index in [1.807, 2.05) is 0 Å². The monoisotopic (exact) mass is 227 g/mol. The number of halogens is 3. The maximum Gasteiger partial charge on any atom is 0.433 e. The van der Waals surface area contributed by atoms with E-state index in [-0.39, 0.29) is 0 Å². The van der Waals surface area contributed by atoms with Gasteiger partial charge in [0.1, 0.15) is 11.4 Å². The number of rotatable bonds is 1. The van der Waals surface area contributed by atoms with Crippen molar-refractivity contribution in [3.63, 3.8) is 0 Å². The highest BCUT2D eigenvalue weighted by Crippen LogP contribution is 2.29. The first kappa shape index (κ1) is 10.7. The van der Waals surface area contributed by atoms with Gasteiger partial charge in [-0.3, -0.25) is 0 Å². The third-order valence-corrected chi connectivity index (χ3v) is 2.19. The Kier molecular flexibility index (Phi) is 2.46. The van der Waals surface area contributed by atoms with Gasteiger partial charge in [-0.15, -0.1) is 0 Å². The lowest BCUT2D eigenvalue weighted by Crippen LogP contribution is -2.07. The SMILES string of the molecule is COc1ccc2nc(C(F)(F)F)ccc2c1. The Hall–Kier alpha value is -1.78. The topological polar surface area (TPSA) is 22.1 Å². The zero-order valence-electron chi connectivity index (χ0n) is 8.38. The zero-order valence-corrected chi connectivity index (χ0v) is 8.38. The summed E-state index contributed by atoms with van der Waals surface area (Å²) in [5.74, 6) is 0.592. The van der Waals surface area contributed by atoms with Crippen LogP contribution in [0.5, 0.6) is 5.75 Å². The van der Waals surface area contributed by atoms with Gasteiger partial charge in [-0.05, 0) is 24.3 Å². The van der Waals surface area contributed by atoms with Crippen LogP contribution in [0.15, 0.2) is 30.3 Å². The molecule has 0 aliphatic carbocycles. The Morgan fingerprint density at radius 2 is 1.88 bits per heavy atom. The van der Waals surface area contributed by atoms with Gasteiger partial charge >= 0.3 is 6.18 Å². The number of methoxy groups -OCH3 is 1. The second-order valence-corrected chi connectivity index (χ2v) is 3.25. The molecule has 0 aliphatic heterocycles. The van der Waals surface area contributed by atoms with Crippen molar-refractivity contribution in [1.29, 1.82) is 0 Å². The van der Waals surface area contributed by atoms with Gasteiger partial charge in [-0.2, -0.15) is 13.2 Å². The minimum absolute atomic E-state index is 0.302. The van der Waals surface area contributed by atoms with Gasteiger partial charge in [-0.1, -0.05) is 6.07 Å². The molecule has 0 unspecified atom stereocenters. The molecule has 0 aliphatic rings. The van der Waals surface area contributed by atoms with Gasteiger partial charge in [-0.25, -0.2) is 4.98 Å². The van der Waals surface area contributed by atoms with Crippen molar-refractivity contribution >= 4 is 10.9 Å². The average molecular weight is 227 g/mol. The minimum Gasteiger partial charge on any atom is -0.497 e. The first-order valence-electron chi connectivity index (χ1n) is 4.53. The summed E-state index contributed by atoms with van der Waals surface area (Å²) in [6.07, 6.45) is -4.41. The normalized spacial score (nSPS) is 11.8. The zero-order chi connectivity index (χ0) is 11.8. The molecule has 0 fully saturated rings. The third-order valence-electron chi connectivity index (χ3n) is 2.19. The van der Waals surface area contributed by atoms with Gasteiger partial charge in [0.2, 0.25) is 0 Å². The van der Waals surface area contributed by atoms with Gasteiger partial charge in [0, 0.05) is 5.39 Å². The number of ether oxygens (including phenoxy) is 1. The lowest BCUT2D eigenvalue weighted by Gasteiger charge is -2.07. The number of fused-ring (bicyclic) bond motifs is 1. The Bertz CT molecular complexity index is 522. The summed E-state index contributed by atoms with van der Waals surface area (Å²) in [5, 5.41) is 0.618. The number of nitrogens with zero attached hydrogens (tertiary/aromatic N) is 1. The lowest BCUT2D eigenvalue weighted by molar-refractivity contribution is -0.140. The number of alkyl halides is 3. The first-order valence-corrected chi connectivity index (χ1v) is 4.53. The molecule has 0 spiro atoms. The Labute approximate surface area is 89.7 Å². The minimum atomic E-state index is -4.41. The van der Waals surface area contributed by atoms with Crippen molar-refractivity contribution < 1.29 is 17.9 Å². The van der Waals surface area contributed by atoms with E-state index in [4.69, 9.17) is 4.74 Å². The summed E-state index contributed by atoms with van der Waals surface area (Å²) < 4.78 is 42.1. The summed E-state index contributed by atoms with van der Waals surface area (Å²) >= 11 is 0. The fourth-order valence-electron chi connectivity index (χ4n) is 1.39. The molecule has 2 rings (SSSR count). The number of hydrogen-bond acceptors (Lipinski definition) is 2. The predicted octanol–water partition coefficient (Wildman–Crippen LogP) is 3.26. The molecule has 0 bridgehead atoms. The van der Waals surface area contributed by atoms with Crippen LogP contribution in [0.1, 0.15) is 5.69 Å². The van der Waals surface area contributed by atoms with Crippen LogP contribution >= 0.6 is 0 Å². The molecule has 2 aromatic rings. The van der Waals surface area contributed by atoms with Crippen LogP contribution in [-0.2, 0) is 6.18 Å². The summed E-state index contributed by atoms with van der Waals surface area (Å²) in [6, 6.07) is 7.07. The summed E-state index contributed by atoms with van der Waals surface area (Å²) in [6.45, 7) is 0. The molecule has 16 heavy (non-hydrogen) atoms. The van der Waals surface area contributed by atoms with Crippen molar-refractivity contribution in [2.24, 2.45) is 0 Å². The molecule has 0 amide bonds. The molecule has 0 atom stereocenters. The summed E-state index contributed by atoms with van der Waals surface area (Å²) in [4.78, 5) is 3.54. The van der Waals surface area contributed by atoms with Crippen LogP contribution < -0.4 is 4.74 Å². The molecule has 0 saturated carbocycles. The van der Waals surface area contributed by atoms with Crippen LogP contribution in [0.2, 0.25) is 0 Å². The summed E-state index contributed by atoms with van der Waals surface area (Å²) in [5.41, 5.74) is -0.583. The molecule has 1 heterocycles. The van der Waals surface area contributed by atoms with E-state index in [1.54, 1.807) is 12.1 Å². The second kappa shape index (κ2) is 3.66. The van der Waals surface area contributed by atoms with Crippen LogP contribution in [-0.4, -0.2) is 12.1 Å². The van der Waals surface area contributed by atoms with Crippen LogP contribution in [0.3, 0.4) is 0 Å². The molecule has 0 radical (unpaired) electrons. The van der Waals surface area contributed by atoms with Crippen molar-refractivity contribution in [3.05, 3.63) is 36.0 Å². The lowest BCUT2D eigenvalue weighted by atomic mass is 10.2. The van der Waals surface area contributed by atoms with E-state index >= 15 is 0 Å². The average Bonchev–Trinajstić information content (AvgIpc) is 2.26. The fourth-order valence-corrected chi connectivity index (χ4v) is 1.39. The highest BCUT2D eigenvalue weighted by Gasteiger charge is 2.32. The Morgan fingerprint density at radius 1 is 1.12 bits per heavy atom. The number of pyridine rings is 1. The molecule has 0 saturated heterocycles. The quantitative estimate of drug-likeness (QED) is 0.745. The van der Waals surface area contributed by atoms with Gasteiger partial charge in [0.05, 0.1) is 12.6 Å². The molecular formula is C11H8F3NO. The highest BCUT2D eigenvalue weighted by molar-refractivity contribution is 5.80. The van der Waals surface area contributed by atoms with E-state index in [0.717, 1.165) is 6.07 Å². The van der Waals surface area contributed by atoms with Crippen molar-refractivity contribution in [1.82, 2.24) is 4.98 Å². The van der Waals surface area contributed by atoms with Crippen LogP contribution in [0.4, 0.5) is 13.2 Å². The molecule has 84 valence electrons. The Morgan fingerprint density at radius 3 is 2.50 bits per heavy atom. The third kappa shape index (κ3) is 1.93. The van der Waals surface area contributed by atoms with Crippen molar-refractivity contribution in [3.8, 4) is 5.75 Å². The largest absolute Gasteiger partial charge is 0.497 e. The first-order chi connectivity index (χ1) is 7.50. The molecule has 0 N–H and O–H groups in total. The molecular weight excluding hydrogens is 219 g/mol. The van der Waals surface area contributed by atoms with Gasteiger partial charge < -0.3 is 4.74 Å². The maximum absolute atomic E-state index is 12.4. The van der Waals surface area contributed by atoms with E-state index < -0.39 is 11.9 Å². The van der Waals surface area contributed by atoms with E-state index in [9.17, 15) is 13.2 Å². The molecule has 5 heteroatoms. The van der Waals surface area contributed by atoms with Crippen LogP contribution in [0.25, 0.3) is 10.9 Å². The van der Waals surface area contributed by atoms with Crippen molar-refractivity contribution in [2.45, 2.75) is 6.18 Å². The van der Waals surface area contributed by atoms with Crippen molar-refractivity contribution in [2.75, 3.05) is 7.11 Å². The standard InChI is InChI=1S/C11H8F3NO/c1-16-8-3-4-9-7(6-8)2-5-10(15-9)11(12,13)14/h2-6H,1H3. The van der Waals surface area contributed by atoms with Crippen LogP contribution in [0, 0.1) is 0 Å². The Balaban J connectivity index is 2.56.